The number of aliphatic hydroxyl groups is 1. The SMILES string of the molecule is COc1cccc2sc(C(=O)N3CC4CCCC4C3C(=O)NC(CC3CCNC3)C(=O)CO)cc12. The Kier molecular flexibility index (Phi) is 7.09. The van der Waals surface area contributed by atoms with Crippen LogP contribution in [0.3, 0.4) is 0 Å². The molecular weight excluding hydrogens is 466 g/mol. The van der Waals surface area contributed by atoms with Gasteiger partial charge in [-0.1, -0.05) is 12.5 Å². The highest BCUT2D eigenvalue weighted by Crippen LogP contribution is 2.44. The number of aliphatic hydroxyl groups excluding tert-OH is 1. The summed E-state index contributed by atoms with van der Waals surface area (Å²) in [5, 5.41) is 16.6. The van der Waals surface area contributed by atoms with E-state index in [9.17, 15) is 19.5 Å². The van der Waals surface area contributed by atoms with Gasteiger partial charge in [-0.05, 0) is 74.7 Å². The lowest BCUT2D eigenvalue weighted by molar-refractivity contribution is -0.132. The lowest BCUT2D eigenvalue weighted by atomic mass is 9.92. The number of Topliss-reactive ketones (excluding diaryl/α,β-unsaturated/α-hetero) is 1. The van der Waals surface area contributed by atoms with Crippen LogP contribution in [0.4, 0.5) is 0 Å². The Morgan fingerprint density at radius 2 is 2.14 bits per heavy atom. The zero-order valence-corrected chi connectivity index (χ0v) is 20.8. The third-order valence-corrected chi connectivity index (χ3v) is 9.05. The van der Waals surface area contributed by atoms with E-state index in [1.807, 2.05) is 24.3 Å². The van der Waals surface area contributed by atoms with Crippen molar-refractivity contribution in [3.8, 4) is 5.75 Å². The van der Waals surface area contributed by atoms with Gasteiger partial charge in [0.1, 0.15) is 18.4 Å². The molecule has 2 saturated heterocycles. The number of ether oxygens (including phenoxy) is 1. The second-order valence-corrected chi connectivity index (χ2v) is 11.1. The van der Waals surface area contributed by atoms with Gasteiger partial charge in [-0.3, -0.25) is 14.4 Å². The molecule has 1 aromatic carbocycles. The second kappa shape index (κ2) is 10.2. The van der Waals surface area contributed by atoms with Crippen molar-refractivity contribution in [2.24, 2.45) is 17.8 Å². The van der Waals surface area contributed by atoms with Crippen LogP contribution in [0.1, 0.15) is 41.8 Å². The normalized spacial score (nSPS) is 26.6. The number of thiophene rings is 1. The van der Waals surface area contributed by atoms with Crippen LogP contribution in [0.25, 0.3) is 10.1 Å². The maximum Gasteiger partial charge on any atom is 0.264 e. The number of hydrogen-bond donors (Lipinski definition) is 3. The van der Waals surface area contributed by atoms with Crippen LogP contribution in [0.15, 0.2) is 24.3 Å². The summed E-state index contributed by atoms with van der Waals surface area (Å²) >= 11 is 1.41. The van der Waals surface area contributed by atoms with Gasteiger partial charge in [0.25, 0.3) is 5.91 Å². The Balaban J connectivity index is 1.39. The Labute approximate surface area is 209 Å². The molecule has 1 aromatic heterocycles. The molecule has 5 unspecified atom stereocenters. The standard InChI is InChI=1S/C26H33N3O5S/c1-34-21-6-3-7-22-18(21)11-23(35-22)26(33)29-13-16-4-2-5-17(16)24(29)25(32)28-19(20(31)14-30)10-15-8-9-27-12-15/h3,6-7,11,15-17,19,24,27,30H,2,4-5,8-10,12-14H2,1H3,(H,28,32). The summed E-state index contributed by atoms with van der Waals surface area (Å²) in [5.74, 6) is 0.602. The number of rotatable bonds is 8. The van der Waals surface area contributed by atoms with Crippen molar-refractivity contribution in [1.29, 1.82) is 0 Å². The molecule has 3 N–H and O–H groups in total. The Hall–Kier alpha value is -2.49. The highest BCUT2D eigenvalue weighted by molar-refractivity contribution is 7.20. The first-order chi connectivity index (χ1) is 17.0. The van der Waals surface area contributed by atoms with Gasteiger partial charge in [0, 0.05) is 16.6 Å². The fourth-order valence-corrected chi connectivity index (χ4v) is 7.23. The van der Waals surface area contributed by atoms with Crippen molar-refractivity contribution >= 4 is 39.0 Å². The van der Waals surface area contributed by atoms with E-state index in [0.29, 0.717) is 23.8 Å². The van der Waals surface area contributed by atoms with Gasteiger partial charge in [-0.2, -0.15) is 0 Å². The monoisotopic (exact) mass is 499 g/mol. The fourth-order valence-electron chi connectivity index (χ4n) is 6.20. The summed E-state index contributed by atoms with van der Waals surface area (Å²) in [6, 6.07) is 6.26. The zero-order chi connectivity index (χ0) is 24.5. The van der Waals surface area contributed by atoms with Crippen LogP contribution in [0.2, 0.25) is 0 Å². The number of carbonyl (C=O) groups is 3. The number of ketones is 1. The maximum atomic E-state index is 13.7. The fraction of sp³-hybridized carbons (Fsp3) is 0.577. The van der Waals surface area contributed by atoms with E-state index < -0.39 is 18.7 Å². The van der Waals surface area contributed by atoms with Crippen molar-refractivity contribution in [1.82, 2.24) is 15.5 Å². The third kappa shape index (κ3) is 4.69. The van der Waals surface area contributed by atoms with E-state index in [0.717, 1.165) is 54.6 Å². The first-order valence-electron chi connectivity index (χ1n) is 12.5. The Morgan fingerprint density at radius 3 is 2.89 bits per heavy atom. The molecule has 5 atom stereocenters. The first kappa shape index (κ1) is 24.2. The molecule has 2 aliphatic heterocycles. The van der Waals surface area contributed by atoms with Crippen LogP contribution in [-0.2, 0) is 9.59 Å². The van der Waals surface area contributed by atoms with E-state index in [1.165, 1.54) is 11.3 Å². The number of fused-ring (bicyclic) bond motifs is 2. The number of likely N-dealkylation sites (tertiary alicyclic amines) is 1. The minimum absolute atomic E-state index is 0.0980. The summed E-state index contributed by atoms with van der Waals surface area (Å²) in [6.45, 7) is 1.65. The van der Waals surface area contributed by atoms with Crippen molar-refractivity contribution in [2.75, 3.05) is 33.4 Å². The average molecular weight is 500 g/mol. The third-order valence-electron chi connectivity index (χ3n) is 7.96. The molecule has 3 heterocycles. The first-order valence-corrected chi connectivity index (χ1v) is 13.3. The van der Waals surface area contributed by atoms with Crippen molar-refractivity contribution < 1.29 is 24.2 Å². The number of amides is 2. The molecule has 3 aliphatic rings. The molecule has 1 aliphatic carbocycles. The maximum absolute atomic E-state index is 13.7. The Morgan fingerprint density at radius 1 is 1.29 bits per heavy atom. The van der Waals surface area contributed by atoms with E-state index in [-0.39, 0.29) is 29.4 Å². The number of nitrogens with one attached hydrogen (secondary N) is 2. The van der Waals surface area contributed by atoms with Gasteiger partial charge in [-0.15, -0.1) is 11.3 Å². The van der Waals surface area contributed by atoms with Crippen LogP contribution >= 0.6 is 11.3 Å². The molecule has 3 fully saturated rings. The zero-order valence-electron chi connectivity index (χ0n) is 20.0. The van der Waals surface area contributed by atoms with Gasteiger partial charge in [0.2, 0.25) is 5.91 Å². The smallest absolute Gasteiger partial charge is 0.264 e. The van der Waals surface area contributed by atoms with Gasteiger partial charge < -0.3 is 25.4 Å². The molecule has 35 heavy (non-hydrogen) atoms. The molecule has 8 nitrogen and oxygen atoms in total. The van der Waals surface area contributed by atoms with Crippen LogP contribution < -0.4 is 15.4 Å². The molecule has 9 heteroatoms. The van der Waals surface area contributed by atoms with Crippen molar-refractivity contribution in [3.05, 3.63) is 29.1 Å². The van der Waals surface area contributed by atoms with Crippen molar-refractivity contribution in [3.63, 3.8) is 0 Å². The number of benzene rings is 1. The molecule has 0 spiro atoms. The van der Waals surface area contributed by atoms with E-state index in [4.69, 9.17) is 4.74 Å². The minimum Gasteiger partial charge on any atom is -0.496 e. The number of nitrogens with zero attached hydrogens (tertiary/aromatic N) is 1. The topological polar surface area (TPSA) is 108 Å². The van der Waals surface area contributed by atoms with Gasteiger partial charge in [0.05, 0.1) is 18.0 Å². The largest absolute Gasteiger partial charge is 0.496 e. The lowest BCUT2D eigenvalue weighted by Crippen LogP contribution is -2.53. The molecule has 1 saturated carbocycles. The predicted molar refractivity (Wildman–Crippen MR) is 134 cm³/mol. The van der Waals surface area contributed by atoms with Gasteiger partial charge >= 0.3 is 0 Å². The van der Waals surface area contributed by atoms with Gasteiger partial charge in [-0.25, -0.2) is 0 Å². The number of methoxy groups -OCH3 is 1. The van der Waals surface area contributed by atoms with E-state index in [1.54, 1.807) is 12.0 Å². The number of carbonyl (C=O) groups excluding carboxylic acids is 3. The summed E-state index contributed by atoms with van der Waals surface area (Å²) < 4.78 is 6.42. The summed E-state index contributed by atoms with van der Waals surface area (Å²) in [7, 11) is 1.61. The summed E-state index contributed by atoms with van der Waals surface area (Å²) in [4.78, 5) is 42.2. The summed E-state index contributed by atoms with van der Waals surface area (Å²) in [5.41, 5.74) is 0. The molecule has 0 radical (unpaired) electrons. The van der Waals surface area contributed by atoms with Crippen molar-refractivity contribution in [2.45, 2.75) is 44.2 Å². The lowest BCUT2D eigenvalue weighted by Gasteiger charge is -2.29. The molecule has 2 aromatic rings. The molecule has 5 rings (SSSR count). The van der Waals surface area contributed by atoms with Crippen LogP contribution in [-0.4, -0.2) is 73.0 Å². The molecule has 188 valence electrons. The predicted octanol–water partition coefficient (Wildman–Crippen LogP) is 2.20. The highest BCUT2D eigenvalue weighted by atomic mass is 32.1. The average Bonchev–Trinajstić information content (AvgIpc) is 3.65. The van der Waals surface area contributed by atoms with Gasteiger partial charge in [0.15, 0.2) is 5.78 Å². The molecule has 0 bridgehead atoms. The Bertz CT molecular complexity index is 1110. The molecule has 2 amide bonds. The minimum atomic E-state index is -0.733. The quantitative estimate of drug-likeness (QED) is 0.514. The van der Waals surface area contributed by atoms with Crippen LogP contribution in [0.5, 0.6) is 5.75 Å². The molecular formula is C26H33N3O5S. The van der Waals surface area contributed by atoms with Crippen LogP contribution in [0, 0.1) is 17.8 Å². The highest BCUT2D eigenvalue weighted by Gasteiger charge is 2.50. The van der Waals surface area contributed by atoms with E-state index >= 15 is 0 Å². The number of hydrogen-bond acceptors (Lipinski definition) is 7. The summed E-state index contributed by atoms with van der Waals surface area (Å²) in [6.07, 6.45) is 4.40. The second-order valence-electron chi connectivity index (χ2n) is 10.0. The van der Waals surface area contributed by atoms with E-state index in [2.05, 4.69) is 10.6 Å².